The van der Waals surface area contributed by atoms with Gasteiger partial charge in [0.25, 0.3) is 0 Å². The van der Waals surface area contributed by atoms with Gasteiger partial charge in [-0.25, -0.2) is 8.42 Å². The number of benzene rings is 1. The van der Waals surface area contributed by atoms with Crippen molar-refractivity contribution in [3.8, 4) is 6.07 Å². The Labute approximate surface area is 196 Å². The molecule has 1 aromatic rings. The fourth-order valence-corrected chi connectivity index (χ4v) is 7.11. The molecule has 0 radical (unpaired) electrons. The smallest absolute Gasteiger partial charge is 0.244 e. The standard InChI is InChI=1S/C24H32N4O4S/c1-17-6-5-8-21(18(17)2)28-16-20(14-23(28)29)24(30)26-10-12-27(13-11-26)33(31,32)22-9-4-3-7-19(22)15-25/h3-4,7,9,17-18,20-21H,5-6,8,10-14,16H2,1-2H3/t17-,18-,20+,21+/m1/s1. The van der Waals surface area contributed by atoms with Crippen molar-refractivity contribution in [2.75, 3.05) is 32.7 Å². The zero-order valence-corrected chi connectivity index (χ0v) is 20.1. The number of carbonyl (C=O) groups excluding carboxylic acids is 2. The van der Waals surface area contributed by atoms with Crippen molar-refractivity contribution in [3.05, 3.63) is 29.8 Å². The number of rotatable bonds is 4. The highest BCUT2D eigenvalue weighted by molar-refractivity contribution is 7.89. The maximum atomic E-state index is 13.2. The van der Waals surface area contributed by atoms with Gasteiger partial charge >= 0.3 is 0 Å². The van der Waals surface area contributed by atoms with Crippen LogP contribution in [0.4, 0.5) is 0 Å². The molecule has 0 spiro atoms. The van der Waals surface area contributed by atoms with Gasteiger partial charge in [-0.2, -0.15) is 9.57 Å². The number of amides is 2. The Morgan fingerprint density at radius 2 is 1.79 bits per heavy atom. The van der Waals surface area contributed by atoms with Crippen LogP contribution >= 0.6 is 0 Å². The molecule has 8 nitrogen and oxygen atoms in total. The fourth-order valence-electron chi connectivity index (χ4n) is 5.54. The fraction of sp³-hybridized carbons (Fsp3) is 0.625. The summed E-state index contributed by atoms with van der Waals surface area (Å²) in [6, 6.07) is 8.32. The van der Waals surface area contributed by atoms with Crippen molar-refractivity contribution in [1.29, 1.82) is 5.26 Å². The van der Waals surface area contributed by atoms with Crippen LogP contribution in [0.1, 0.15) is 45.1 Å². The summed E-state index contributed by atoms with van der Waals surface area (Å²) >= 11 is 0. The molecule has 1 aromatic carbocycles. The molecule has 2 saturated heterocycles. The van der Waals surface area contributed by atoms with Crippen LogP contribution in [0.15, 0.2) is 29.2 Å². The molecule has 4 atom stereocenters. The second kappa shape index (κ2) is 9.43. The van der Waals surface area contributed by atoms with E-state index in [0.29, 0.717) is 18.4 Å². The Hall–Kier alpha value is -2.44. The molecule has 2 aliphatic heterocycles. The molecule has 1 saturated carbocycles. The second-order valence-electron chi connectivity index (χ2n) is 9.62. The molecule has 2 amide bonds. The highest BCUT2D eigenvalue weighted by atomic mass is 32.2. The molecular weight excluding hydrogens is 440 g/mol. The lowest BCUT2D eigenvalue weighted by molar-refractivity contribution is -0.137. The summed E-state index contributed by atoms with van der Waals surface area (Å²) in [6.07, 6.45) is 3.54. The molecule has 0 unspecified atom stereocenters. The van der Waals surface area contributed by atoms with Crippen LogP contribution in [0, 0.1) is 29.1 Å². The van der Waals surface area contributed by atoms with Crippen LogP contribution in [0.3, 0.4) is 0 Å². The summed E-state index contributed by atoms with van der Waals surface area (Å²) in [5.74, 6) is 0.656. The molecule has 3 aliphatic rings. The number of hydrogen-bond donors (Lipinski definition) is 0. The Balaban J connectivity index is 1.38. The maximum Gasteiger partial charge on any atom is 0.244 e. The number of carbonyl (C=O) groups is 2. The van der Waals surface area contributed by atoms with Crippen molar-refractivity contribution < 1.29 is 18.0 Å². The van der Waals surface area contributed by atoms with E-state index in [1.54, 1.807) is 17.0 Å². The van der Waals surface area contributed by atoms with Gasteiger partial charge < -0.3 is 9.80 Å². The molecule has 1 aliphatic carbocycles. The molecule has 178 valence electrons. The van der Waals surface area contributed by atoms with E-state index in [1.165, 1.54) is 22.9 Å². The van der Waals surface area contributed by atoms with E-state index < -0.39 is 10.0 Å². The molecular formula is C24H32N4O4S. The Kier molecular flexibility index (Phi) is 6.78. The molecule has 33 heavy (non-hydrogen) atoms. The zero-order chi connectivity index (χ0) is 23.8. The van der Waals surface area contributed by atoms with Gasteiger partial charge in [0.2, 0.25) is 21.8 Å². The van der Waals surface area contributed by atoms with Crippen molar-refractivity contribution in [2.24, 2.45) is 17.8 Å². The Morgan fingerprint density at radius 1 is 1.09 bits per heavy atom. The third-order valence-corrected chi connectivity index (χ3v) is 9.70. The van der Waals surface area contributed by atoms with Gasteiger partial charge in [-0.1, -0.05) is 38.8 Å². The number of nitrogens with zero attached hydrogens (tertiary/aromatic N) is 4. The molecule has 4 rings (SSSR count). The first-order chi connectivity index (χ1) is 15.7. The minimum Gasteiger partial charge on any atom is -0.340 e. The minimum atomic E-state index is -3.81. The summed E-state index contributed by atoms with van der Waals surface area (Å²) in [4.78, 5) is 29.6. The summed E-state index contributed by atoms with van der Waals surface area (Å²) in [7, 11) is -3.81. The van der Waals surface area contributed by atoms with Crippen molar-refractivity contribution in [1.82, 2.24) is 14.1 Å². The van der Waals surface area contributed by atoms with Gasteiger partial charge in [0.05, 0.1) is 16.4 Å². The lowest BCUT2D eigenvalue weighted by Crippen LogP contribution is -2.52. The SMILES string of the molecule is C[C@@H]1[C@H](C)CCC[C@@H]1N1C[C@@H](C(=O)N2CCN(S(=O)(=O)c3ccccc3C#N)CC2)CC1=O. The van der Waals surface area contributed by atoms with E-state index in [9.17, 15) is 23.3 Å². The third kappa shape index (κ3) is 4.51. The lowest BCUT2D eigenvalue weighted by Gasteiger charge is -2.40. The monoisotopic (exact) mass is 472 g/mol. The first kappa shape index (κ1) is 23.7. The van der Waals surface area contributed by atoms with Gasteiger partial charge in [-0.05, 0) is 30.4 Å². The average molecular weight is 473 g/mol. The summed E-state index contributed by atoms with van der Waals surface area (Å²) in [5, 5.41) is 9.27. The van der Waals surface area contributed by atoms with Crippen LogP contribution < -0.4 is 0 Å². The van der Waals surface area contributed by atoms with Crippen LogP contribution in [0.2, 0.25) is 0 Å². The summed E-state index contributed by atoms with van der Waals surface area (Å²) in [5.41, 5.74) is 0.117. The normalized spacial score (nSPS) is 29.2. The van der Waals surface area contributed by atoms with Gasteiger partial charge in [-0.3, -0.25) is 9.59 Å². The molecule has 3 fully saturated rings. The average Bonchev–Trinajstić information content (AvgIpc) is 3.21. The first-order valence-corrected chi connectivity index (χ1v) is 13.3. The van der Waals surface area contributed by atoms with Crippen LogP contribution in [0.5, 0.6) is 0 Å². The molecule has 0 N–H and O–H groups in total. The molecule has 0 aromatic heterocycles. The summed E-state index contributed by atoms with van der Waals surface area (Å²) in [6.45, 7) is 5.84. The number of hydrogen-bond acceptors (Lipinski definition) is 5. The number of piperazine rings is 1. The van der Waals surface area contributed by atoms with Crippen molar-refractivity contribution in [3.63, 3.8) is 0 Å². The first-order valence-electron chi connectivity index (χ1n) is 11.8. The zero-order valence-electron chi connectivity index (χ0n) is 19.3. The van der Waals surface area contributed by atoms with E-state index in [4.69, 9.17) is 0 Å². The quantitative estimate of drug-likeness (QED) is 0.668. The van der Waals surface area contributed by atoms with Crippen LogP contribution in [-0.4, -0.2) is 73.1 Å². The largest absolute Gasteiger partial charge is 0.340 e. The van der Waals surface area contributed by atoms with Crippen molar-refractivity contribution >= 4 is 21.8 Å². The van der Waals surface area contributed by atoms with E-state index in [1.807, 2.05) is 11.0 Å². The molecule has 2 heterocycles. The highest BCUT2D eigenvalue weighted by Gasteiger charge is 2.43. The van der Waals surface area contributed by atoms with Crippen molar-refractivity contribution in [2.45, 2.75) is 50.5 Å². The van der Waals surface area contributed by atoms with Gasteiger partial charge in [0, 0.05) is 45.2 Å². The number of nitriles is 1. The predicted octanol–water partition coefficient (Wildman–Crippen LogP) is 2.06. The van der Waals surface area contributed by atoms with Crippen LogP contribution in [0.25, 0.3) is 0 Å². The Bertz CT molecular complexity index is 1060. The topological polar surface area (TPSA) is 102 Å². The third-order valence-electron chi connectivity index (χ3n) is 7.75. The second-order valence-corrected chi connectivity index (χ2v) is 11.5. The van der Waals surface area contributed by atoms with Gasteiger partial charge in [-0.15, -0.1) is 0 Å². The predicted molar refractivity (Wildman–Crippen MR) is 122 cm³/mol. The molecule has 0 bridgehead atoms. The number of sulfonamides is 1. The molecule has 9 heteroatoms. The maximum absolute atomic E-state index is 13.2. The Morgan fingerprint density at radius 3 is 2.48 bits per heavy atom. The van der Waals surface area contributed by atoms with Crippen LogP contribution in [-0.2, 0) is 19.6 Å². The van der Waals surface area contributed by atoms with Gasteiger partial charge in [0.15, 0.2) is 0 Å². The van der Waals surface area contributed by atoms with Gasteiger partial charge in [0.1, 0.15) is 6.07 Å². The van der Waals surface area contributed by atoms with E-state index in [0.717, 1.165) is 12.8 Å². The minimum absolute atomic E-state index is 0.000128. The van der Waals surface area contributed by atoms with E-state index in [-0.39, 0.29) is 66.8 Å². The van der Waals surface area contributed by atoms with E-state index in [2.05, 4.69) is 13.8 Å². The summed E-state index contributed by atoms with van der Waals surface area (Å²) < 4.78 is 27.4. The highest BCUT2D eigenvalue weighted by Crippen LogP contribution is 2.36. The lowest BCUT2D eigenvalue weighted by atomic mass is 9.77. The van der Waals surface area contributed by atoms with E-state index >= 15 is 0 Å². The number of likely N-dealkylation sites (tertiary alicyclic amines) is 1.